The van der Waals surface area contributed by atoms with Crippen LogP contribution in [0.5, 0.6) is 17.2 Å². The highest BCUT2D eigenvalue weighted by Crippen LogP contribution is 2.44. The Kier molecular flexibility index (Phi) is 6.30. The minimum atomic E-state index is -0.624. The van der Waals surface area contributed by atoms with Gasteiger partial charge in [-0.05, 0) is 49.6 Å². The second kappa shape index (κ2) is 9.29. The molecule has 1 N–H and O–H groups in total. The Hall–Kier alpha value is -3.22. The Morgan fingerprint density at radius 1 is 1.03 bits per heavy atom. The van der Waals surface area contributed by atoms with Gasteiger partial charge < -0.3 is 24.3 Å². The number of nitrogens with one attached hydrogen (secondary N) is 1. The van der Waals surface area contributed by atoms with Gasteiger partial charge in [-0.3, -0.25) is 4.79 Å². The van der Waals surface area contributed by atoms with E-state index in [0.717, 1.165) is 37.7 Å². The van der Waals surface area contributed by atoms with Gasteiger partial charge in [-0.15, -0.1) is 0 Å². The number of amides is 1. The fourth-order valence-corrected chi connectivity index (χ4v) is 4.26. The number of benzene rings is 2. The molecule has 4 rings (SSSR count). The summed E-state index contributed by atoms with van der Waals surface area (Å²) in [5.41, 5.74) is 0.946. The summed E-state index contributed by atoms with van der Waals surface area (Å²) in [4.78, 5) is 25.1. The average Bonchev–Trinajstić information content (AvgIpc) is 3.27. The van der Waals surface area contributed by atoms with E-state index in [2.05, 4.69) is 5.32 Å². The standard InChI is InChI=1S/C24H27NO6/c1-2-28-22(26)15-29-19-8-6-7-18(14-19)25-23(27)24(11-4-3-5-12-24)17-9-10-20-21(13-17)31-16-30-20/h6-10,13-14H,2-5,11-12,15-16H2,1H3,(H,25,27). The predicted octanol–water partition coefficient (Wildman–Crippen LogP) is 4.20. The van der Waals surface area contributed by atoms with Gasteiger partial charge in [-0.1, -0.05) is 31.4 Å². The van der Waals surface area contributed by atoms with Crippen LogP contribution >= 0.6 is 0 Å². The van der Waals surface area contributed by atoms with Gasteiger partial charge >= 0.3 is 5.97 Å². The molecular weight excluding hydrogens is 398 g/mol. The first-order chi connectivity index (χ1) is 15.1. The van der Waals surface area contributed by atoms with Crippen molar-refractivity contribution in [2.24, 2.45) is 0 Å². The van der Waals surface area contributed by atoms with Gasteiger partial charge in [0.15, 0.2) is 18.1 Å². The van der Waals surface area contributed by atoms with Gasteiger partial charge in [0.25, 0.3) is 0 Å². The molecule has 1 heterocycles. The van der Waals surface area contributed by atoms with E-state index in [4.69, 9.17) is 18.9 Å². The lowest BCUT2D eigenvalue weighted by Crippen LogP contribution is -2.42. The molecule has 1 fully saturated rings. The Labute approximate surface area is 181 Å². The largest absolute Gasteiger partial charge is 0.482 e. The molecule has 0 spiro atoms. The molecule has 0 radical (unpaired) electrons. The van der Waals surface area contributed by atoms with Crippen molar-refractivity contribution in [1.82, 2.24) is 0 Å². The molecule has 7 nitrogen and oxygen atoms in total. The van der Waals surface area contributed by atoms with Crippen LogP contribution in [0.25, 0.3) is 0 Å². The lowest BCUT2D eigenvalue weighted by molar-refractivity contribution is -0.145. The van der Waals surface area contributed by atoms with Gasteiger partial charge in [-0.25, -0.2) is 4.79 Å². The van der Waals surface area contributed by atoms with E-state index in [9.17, 15) is 9.59 Å². The highest BCUT2D eigenvalue weighted by atomic mass is 16.7. The molecule has 0 bridgehead atoms. The van der Waals surface area contributed by atoms with E-state index < -0.39 is 11.4 Å². The van der Waals surface area contributed by atoms with Crippen molar-refractivity contribution in [3.8, 4) is 17.2 Å². The van der Waals surface area contributed by atoms with Crippen LogP contribution in [0.4, 0.5) is 5.69 Å². The molecule has 0 aromatic heterocycles. The lowest BCUT2D eigenvalue weighted by atomic mass is 9.68. The summed E-state index contributed by atoms with van der Waals surface area (Å²) in [7, 11) is 0. The molecule has 2 aromatic carbocycles. The number of esters is 1. The second-order valence-electron chi connectivity index (χ2n) is 7.79. The first kappa shape index (κ1) is 21.0. The lowest BCUT2D eigenvalue weighted by Gasteiger charge is -2.36. The van der Waals surface area contributed by atoms with E-state index in [1.807, 2.05) is 24.3 Å². The summed E-state index contributed by atoms with van der Waals surface area (Å²) in [5.74, 6) is 1.41. The summed E-state index contributed by atoms with van der Waals surface area (Å²) in [6.07, 6.45) is 4.65. The number of fused-ring (bicyclic) bond motifs is 1. The summed E-state index contributed by atoms with van der Waals surface area (Å²) in [6.45, 7) is 2.08. The van der Waals surface area contributed by atoms with Crippen LogP contribution in [-0.4, -0.2) is 31.9 Å². The second-order valence-corrected chi connectivity index (χ2v) is 7.79. The zero-order valence-electron chi connectivity index (χ0n) is 17.6. The molecule has 2 aromatic rings. The molecule has 0 unspecified atom stereocenters. The third-order valence-electron chi connectivity index (χ3n) is 5.82. The number of carbonyl (C=O) groups is 2. The maximum Gasteiger partial charge on any atom is 0.344 e. The van der Waals surface area contributed by atoms with Crippen LogP contribution in [0, 0.1) is 0 Å². The summed E-state index contributed by atoms with van der Waals surface area (Å²) >= 11 is 0. The van der Waals surface area contributed by atoms with Crippen molar-refractivity contribution in [3.63, 3.8) is 0 Å². The maximum absolute atomic E-state index is 13.6. The Bertz CT molecular complexity index is 951. The molecule has 1 aliphatic heterocycles. The molecule has 31 heavy (non-hydrogen) atoms. The van der Waals surface area contributed by atoms with Crippen molar-refractivity contribution in [2.45, 2.75) is 44.4 Å². The molecule has 7 heteroatoms. The predicted molar refractivity (Wildman–Crippen MR) is 115 cm³/mol. The zero-order chi connectivity index (χ0) is 21.7. The van der Waals surface area contributed by atoms with Crippen molar-refractivity contribution >= 4 is 17.6 Å². The first-order valence-electron chi connectivity index (χ1n) is 10.7. The van der Waals surface area contributed by atoms with Crippen molar-refractivity contribution in [2.75, 3.05) is 25.3 Å². The van der Waals surface area contributed by atoms with Crippen molar-refractivity contribution in [1.29, 1.82) is 0 Å². The molecule has 0 atom stereocenters. The van der Waals surface area contributed by atoms with Crippen LogP contribution in [0.3, 0.4) is 0 Å². The Balaban J connectivity index is 1.52. The van der Waals surface area contributed by atoms with Gasteiger partial charge in [0.2, 0.25) is 12.7 Å². The topological polar surface area (TPSA) is 83.1 Å². The molecule has 1 amide bonds. The van der Waals surface area contributed by atoms with E-state index in [1.54, 1.807) is 25.1 Å². The first-order valence-corrected chi connectivity index (χ1v) is 10.7. The van der Waals surface area contributed by atoms with Crippen LogP contribution in [0.2, 0.25) is 0 Å². The van der Waals surface area contributed by atoms with E-state index in [0.29, 0.717) is 29.5 Å². The molecular formula is C24H27NO6. The molecule has 1 saturated carbocycles. The fraction of sp³-hybridized carbons (Fsp3) is 0.417. The van der Waals surface area contributed by atoms with Crippen LogP contribution < -0.4 is 19.5 Å². The molecule has 1 aliphatic carbocycles. The van der Waals surface area contributed by atoms with Gasteiger partial charge in [0.05, 0.1) is 12.0 Å². The SMILES string of the molecule is CCOC(=O)COc1cccc(NC(=O)C2(c3ccc4c(c3)OCO4)CCCCC2)c1. The third kappa shape index (κ3) is 4.60. The van der Waals surface area contributed by atoms with Gasteiger partial charge in [0.1, 0.15) is 5.75 Å². The van der Waals surface area contributed by atoms with Crippen molar-refractivity contribution in [3.05, 3.63) is 48.0 Å². The summed E-state index contributed by atoms with van der Waals surface area (Å²) in [6, 6.07) is 12.8. The number of hydrogen-bond acceptors (Lipinski definition) is 6. The molecule has 164 valence electrons. The summed E-state index contributed by atoms with van der Waals surface area (Å²) < 4.78 is 21.3. The Morgan fingerprint density at radius 2 is 1.84 bits per heavy atom. The highest BCUT2D eigenvalue weighted by Gasteiger charge is 2.42. The minimum absolute atomic E-state index is 0.0476. The van der Waals surface area contributed by atoms with Crippen LogP contribution in [0.1, 0.15) is 44.6 Å². The summed E-state index contributed by atoms with van der Waals surface area (Å²) in [5, 5.41) is 3.06. The number of carbonyl (C=O) groups excluding carboxylic acids is 2. The van der Waals surface area contributed by atoms with Gasteiger partial charge in [-0.2, -0.15) is 0 Å². The van der Waals surface area contributed by atoms with Crippen LogP contribution in [-0.2, 0) is 19.7 Å². The zero-order valence-corrected chi connectivity index (χ0v) is 17.6. The van der Waals surface area contributed by atoms with E-state index >= 15 is 0 Å². The van der Waals surface area contributed by atoms with Crippen molar-refractivity contribution < 1.29 is 28.5 Å². The molecule has 0 saturated heterocycles. The third-order valence-corrected chi connectivity index (χ3v) is 5.82. The maximum atomic E-state index is 13.6. The van der Waals surface area contributed by atoms with Gasteiger partial charge in [0, 0.05) is 11.8 Å². The highest BCUT2D eigenvalue weighted by molar-refractivity contribution is 5.99. The minimum Gasteiger partial charge on any atom is -0.482 e. The molecule has 2 aliphatic rings. The smallest absolute Gasteiger partial charge is 0.344 e. The number of ether oxygens (including phenoxy) is 4. The average molecular weight is 425 g/mol. The quantitative estimate of drug-likeness (QED) is 0.670. The number of anilines is 1. The normalized spacial score (nSPS) is 16.4. The monoisotopic (exact) mass is 425 g/mol. The number of hydrogen-bond donors (Lipinski definition) is 1. The van der Waals surface area contributed by atoms with E-state index in [1.165, 1.54) is 0 Å². The fourth-order valence-electron chi connectivity index (χ4n) is 4.26. The van der Waals surface area contributed by atoms with E-state index in [-0.39, 0.29) is 19.3 Å². The Morgan fingerprint density at radius 3 is 2.65 bits per heavy atom. The van der Waals surface area contributed by atoms with Crippen LogP contribution in [0.15, 0.2) is 42.5 Å². The number of rotatable bonds is 7.